The quantitative estimate of drug-likeness (QED) is 0.843. The standard InChI is InChI=1S/C12H15N5S2/c1-6-11(19-8(3)16-6)7(2)17-10-5-14-9(4-15-10)12(13)18/h4-5,7H,1-3H3,(H2,13,18)(H,15,17). The molecule has 0 saturated heterocycles. The van der Waals surface area contributed by atoms with Crippen LogP contribution in [0.25, 0.3) is 0 Å². The van der Waals surface area contributed by atoms with Crippen LogP contribution in [-0.4, -0.2) is 19.9 Å². The Labute approximate surface area is 121 Å². The van der Waals surface area contributed by atoms with Gasteiger partial charge in [0.05, 0.1) is 29.1 Å². The van der Waals surface area contributed by atoms with Crippen molar-refractivity contribution in [3.05, 3.63) is 33.7 Å². The number of aromatic nitrogens is 3. The van der Waals surface area contributed by atoms with Gasteiger partial charge in [0.25, 0.3) is 0 Å². The van der Waals surface area contributed by atoms with Gasteiger partial charge in [-0.05, 0) is 20.8 Å². The molecule has 19 heavy (non-hydrogen) atoms. The molecule has 7 heteroatoms. The Morgan fingerprint density at radius 1 is 1.37 bits per heavy atom. The van der Waals surface area contributed by atoms with Crippen LogP contribution in [0.4, 0.5) is 5.82 Å². The molecule has 0 radical (unpaired) electrons. The van der Waals surface area contributed by atoms with E-state index < -0.39 is 0 Å². The van der Waals surface area contributed by atoms with Crippen molar-refractivity contribution in [1.29, 1.82) is 0 Å². The Balaban J connectivity index is 2.12. The van der Waals surface area contributed by atoms with Gasteiger partial charge in [0.2, 0.25) is 0 Å². The summed E-state index contributed by atoms with van der Waals surface area (Å²) >= 11 is 6.53. The van der Waals surface area contributed by atoms with E-state index >= 15 is 0 Å². The first kappa shape index (κ1) is 13.8. The van der Waals surface area contributed by atoms with Crippen LogP contribution in [-0.2, 0) is 0 Å². The van der Waals surface area contributed by atoms with Crippen LogP contribution in [0.5, 0.6) is 0 Å². The molecule has 0 aliphatic rings. The predicted octanol–water partition coefficient (Wildman–Crippen LogP) is 2.36. The number of hydrogen-bond acceptors (Lipinski definition) is 6. The molecule has 0 spiro atoms. The van der Waals surface area contributed by atoms with E-state index in [9.17, 15) is 0 Å². The molecule has 0 aromatic carbocycles. The third kappa shape index (κ3) is 3.24. The predicted molar refractivity (Wildman–Crippen MR) is 81.5 cm³/mol. The second kappa shape index (κ2) is 5.58. The molecule has 0 amide bonds. The molecule has 2 rings (SSSR count). The first-order valence-electron chi connectivity index (χ1n) is 5.79. The number of rotatable bonds is 4. The van der Waals surface area contributed by atoms with Crippen molar-refractivity contribution < 1.29 is 0 Å². The third-order valence-electron chi connectivity index (χ3n) is 2.60. The van der Waals surface area contributed by atoms with Gasteiger partial charge >= 0.3 is 0 Å². The van der Waals surface area contributed by atoms with Crippen LogP contribution in [0.2, 0.25) is 0 Å². The summed E-state index contributed by atoms with van der Waals surface area (Å²) in [6.07, 6.45) is 3.20. The van der Waals surface area contributed by atoms with Gasteiger partial charge in [-0.1, -0.05) is 12.2 Å². The zero-order valence-electron chi connectivity index (χ0n) is 11.0. The van der Waals surface area contributed by atoms with E-state index in [1.165, 1.54) is 4.88 Å². The largest absolute Gasteiger partial charge is 0.388 e. The normalized spacial score (nSPS) is 12.2. The number of nitrogens with one attached hydrogen (secondary N) is 1. The highest BCUT2D eigenvalue weighted by Gasteiger charge is 2.13. The molecule has 100 valence electrons. The molecule has 5 nitrogen and oxygen atoms in total. The molecular formula is C12H15N5S2. The van der Waals surface area contributed by atoms with Crippen molar-refractivity contribution in [1.82, 2.24) is 15.0 Å². The highest BCUT2D eigenvalue weighted by Crippen LogP contribution is 2.26. The lowest BCUT2D eigenvalue weighted by molar-refractivity contribution is 0.876. The Morgan fingerprint density at radius 3 is 2.58 bits per heavy atom. The lowest BCUT2D eigenvalue weighted by Crippen LogP contribution is -2.13. The van der Waals surface area contributed by atoms with Gasteiger partial charge in [0.15, 0.2) is 0 Å². The minimum Gasteiger partial charge on any atom is -0.388 e. The Bertz CT molecular complexity index is 591. The van der Waals surface area contributed by atoms with Gasteiger partial charge in [0.1, 0.15) is 16.5 Å². The van der Waals surface area contributed by atoms with E-state index in [1.807, 2.05) is 13.8 Å². The van der Waals surface area contributed by atoms with E-state index in [4.69, 9.17) is 18.0 Å². The van der Waals surface area contributed by atoms with Crippen molar-refractivity contribution in [2.45, 2.75) is 26.8 Å². The van der Waals surface area contributed by atoms with Crippen molar-refractivity contribution in [2.75, 3.05) is 5.32 Å². The maximum absolute atomic E-state index is 5.48. The van der Waals surface area contributed by atoms with Gasteiger partial charge in [-0.25, -0.2) is 15.0 Å². The minimum atomic E-state index is 0.135. The lowest BCUT2D eigenvalue weighted by atomic mass is 10.2. The monoisotopic (exact) mass is 293 g/mol. The Kier molecular flexibility index (Phi) is 4.06. The van der Waals surface area contributed by atoms with Crippen molar-refractivity contribution in [3.8, 4) is 0 Å². The summed E-state index contributed by atoms with van der Waals surface area (Å²) in [6, 6.07) is 0.135. The molecule has 0 saturated carbocycles. The fourth-order valence-corrected chi connectivity index (χ4v) is 2.80. The fraction of sp³-hybridized carbons (Fsp3) is 0.333. The number of aryl methyl sites for hydroxylation is 2. The summed E-state index contributed by atoms with van der Waals surface area (Å²) in [5.74, 6) is 0.693. The molecule has 0 aliphatic carbocycles. The van der Waals surface area contributed by atoms with Crippen molar-refractivity contribution >= 4 is 34.4 Å². The number of thiocarbonyl (C=S) groups is 1. The van der Waals surface area contributed by atoms with Gasteiger partial charge in [-0.3, -0.25) is 0 Å². The highest BCUT2D eigenvalue weighted by atomic mass is 32.1. The Morgan fingerprint density at radius 2 is 2.11 bits per heavy atom. The van der Waals surface area contributed by atoms with E-state index in [1.54, 1.807) is 23.7 Å². The number of anilines is 1. The summed E-state index contributed by atoms with van der Waals surface area (Å²) in [6.45, 7) is 6.09. The van der Waals surface area contributed by atoms with Crippen molar-refractivity contribution in [3.63, 3.8) is 0 Å². The second-order valence-corrected chi connectivity index (χ2v) is 5.87. The molecule has 2 aromatic heterocycles. The van der Waals surface area contributed by atoms with E-state index in [0.29, 0.717) is 11.5 Å². The summed E-state index contributed by atoms with van der Waals surface area (Å²) in [4.78, 5) is 14.3. The van der Waals surface area contributed by atoms with Crippen LogP contribution < -0.4 is 11.1 Å². The van der Waals surface area contributed by atoms with Crippen LogP contribution in [0, 0.1) is 13.8 Å². The average molecular weight is 293 g/mol. The highest BCUT2D eigenvalue weighted by molar-refractivity contribution is 7.80. The fourth-order valence-electron chi connectivity index (χ4n) is 1.77. The SMILES string of the molecule is Cc1nc(C)c(C(C)Nc2cnc(C(N)=S)cn2)s1. The summed E-state index contributed by atoms with van der Waals surface area (Å²) in [7, 11) is 0. The third-order valence-corrected chi connectivity index (χ3v) is 4.07. The zero-order valence-corrected chi connectivity index (χ0v) is 12.6. The number of nitrogens with zero attached hydrogens (tertiary/aromatic N) is 3. The molecule has 1 unspecified atom stereocenters. The number of hydrogen-bond donors (Lipinski definition) is 2. The topological polar surface area (TPSA) is 76.7 Å². The number of thiazole rings is 1. The van der Waals surface area contributed by atoms with Gasteiger partial charge in [0, 0.05) is 4.88 Å². The van der Waals surface area contributed by atoms with Crippen LogP contribution in [0.1, 0.15) is 34.2 Å². The molecule has 3 N–H and O–H groups in total. The molecule has 0 fully saturated rings. The maximum Gasteiger partial charge on any atom is 0.145 e. The summed E-state index contributed by atoms with van der Waals surface area (Å²) in [5, 5.41) is 4.36. The molecular weight excluding hydrogens is 278 g/mol. The maximum atomic E-state index is 5.48. The lowest BCUT2D eigenvalue weighted by Gasteiger charge is -2.13. The molecule has 0 aliphatic heterocycles. The van der Waals surface area contributed by atoms with E-state index in [0.717, 1.165) is 10.7 Å². The minimum absolute atomic E-state index is 0.135. The summed E-state index contributed by atoms with van der Waals surface area (Å²) in [5.41, 5.74) is 7.06. The first-order valence-corrected chi connectivity index (χ1v) is 7.02. The average Bonchev–Trinajstić information content (AvgIpc) is 2.69. The summed E-state index contributed by atoms with van der Waals surface area (Å²) < 4.78 is 0. The second-order valence-electron chi connectivity index (χ2n) is 4.20. The molecule has 0 bridgehead atoms. The van der Waals surface area contributed by atoms with Crippen LogP contribution >= 0.6 is 23.6 Å². The zero-order chi connectivity index (χ0) is 14.0. The molecule has 1 atom stereocenters. The smallest absolute Gasteiger partial charge is 0.145 e. The number of nitrogens with two attached hydrogens (primary N) is 1. The first-order chi connectivity index (χ1) is 8.97. The van der Waals surface area contributed by atoms with Crippen LogP contribution in [0.3, 0.4) is 0 Å². The van der Waals surface area contributed by atoms with Gasteiger partial charge < -0.3 is 11.1 Å². The van der Waals surface area contributed by atoms with Crippen LogP contribution in [0.15, 0.2) is 12.4 Å². The molecule has 2 heterocycles. The van der Waals surface area contributed by atoms with Crippen molar-refractivity contribution in [2.24, 2.45) is 5.73 Å². The van der Waals surface area contributed by atoms with Gasteiger partial charge in [-0.15, -0.1) is 11.3 Å². The Hall–Kier alpha value is -1.60. The van der Waals surface area contributed by atoms with E-state index in [2.05, 4.69) is 27.2 Å². The van der Waals surface area contributed by atoms with E-state index in [-0.39, 0.29) is 11.0 Å². The molecule has 2 aromatic rings. The van der Waals surface area contributed by atoms with Gasteiger partial charge in [-0.2, -0.15) is 0 Å².